The Morgan fingerprint density at radius 2 is 1.73 bits per heavy atom. The third-order valence-corrected chi connectivity index (χ3v) is 7.59. The van der Waals surface area contributed by atoms with Gasteiger partial charge >= 0.3 is 0 Å². The molecule has 1 aliphatic heterocycles. The van der Waals surface area contributed by atoms with Crippen LogP contribution in [-0.4, -0.2) is 80.0 Å². The maximum absolute atomic E-state index is 13.7. The highest BCUT2D eigenvalue weighted by atomic mass is 16.5. The zero-order valence-electron chi connectivity index (χ0n) is 22.5. The van der Waals surface area contributed by atoms with Crippen LogP contribution in [0.2, 0.25) is 0 Å². The van der Waals surface area contributed by atoms with Gasteiger partial charge in [0.1, 0.15) is 11.5 Å². The maximum atomic E-state index is 13.7. The van der Waals surface area contributed by atoms with E-state index in [1.54, 1.807) is 19.1 Å². The summed E-state index contributed by atoms with van der Waals surface area (Å²) < 4.78 is 16.6. The Morgan fingerprint density at radius 1 is 0.973 bits per heavy atom. The highest BCUT2D eigenvalue weighted by Gasteiger charge is 2.31. The van der Waals surface area contributed by atoms with E-state index in [1.807, 2.05) is 42.2 Å². The Labute approximate surface area is 220 Å². The van der Waals surface area contributed by atoms with Crippen LogP contribution in [0.5, 0.6) is 11.5 Å². The first-order chi connectivity index (χ1) is 18.0. The summed E-state index contributed by atoms with van der Waals surface area (Å²) in [6.07, 6.45) is 6.03. The molecule has 8 heteroatoms. The van der Waals surface area contributed by atoms with Gasteiger partial charge in [-0.05, 0) is 81.9 Å². The van der Waals surface area contributed by atoms with Crippen molar-refractivity contribution >= 4 is 11.8 Å². The monoisotopic (exact) mass is 511 g/mol. The molecule has 2 fully saturated rings. The van der Waals surface area contributed by atoms with Crippen LogP contribution in [0.4, 0.5) is 0 Å². The second-order valence-electron chi connectivity index (χ2n) is 10.2. The molecule has 8 nitrogen and oxygen atoms in total. The lowest BCUT2D eigenvalue weighted by atomic mass is 9.84. The van der Waals surface area contributed by atoms with Crippen molar-refractivity contribution in [3.05, 3.63) is 47.4 Å². The molecule has 0 spiro atoms. The SMILES string of the molecule is COc1ccc(CCN(Cc2ccc(C)o2)C(=O)CN(CCN2CCCC2)C(=O)C2CCC2)cc1OC. The molecule has 2 aliphatic rings. The normalized spacial score (nSPS) is 15.9. The van der Waals surface area contributed by atoms with Gasteiger partial charge < -0.3 is 28.6 Å². The molecule has 1 aliphatic carbocycles. The van der Waals surface area contributed by atoms with Crippen molar-refractivity contribution in [3.8, 4) is 11.5 Å². The third-order valence-electron chi connectivity index (χ3n) is 7.59. The topological polar surface area (TPSA) is 75.5 Å². The summed E-state index contributed by atoms with van der Waals surface area (Å²) in [4.78, 5) is 32.9. The summed E-state index contributed by atoms with van der Waals surface area (Å²) in [5, 5.41) is 0. The van der Waals surface area contributed by atoms with Crippen molar-refractivity contribution in [1.29, 1.82) is 0 Å². The van der Waals surface area contributed by atoms with Crippen molar-refractivity contribution in [2.75, 3.05) is 53.5 Å². The molecule has 202 valence electrons. The van der Waals surface area contributed by atoms with Gasteiger partial charge in [0.2, 0.25) is 11.8 Å². The molecular formula is C29H41N3O5. The van der Waals surface area contributed by atoms with Gasteiger partial charge in [0, 0.05) is 25.6 Å². The van der Waals surface area contributed by atoms with E-state index < -0.39 is 0 Å². The number of amides is 2. The summed E-state index contributed by atoms with van der Waals surface area (Å²) >= 11 is 0. The van der Waals surface area contributed by atoms with Crippen LogP contribution in [-0.2, 0) is 22.6 Å². The molecule has 1 aromatic carbocycles. The number of ether oxygens (including phenoxy) is 2. The van der Waals surface area contributed by atoms with Gasteiger partial charge in [-0.1, -0.05) is 12.5 Å². The predicted molar refractivity (Wildman–Crippen MR) is 142 cm³/mol. The Balaban J connectivity index is 1.45. The molecule has 0 radical (unpaired) electrons. The maximum Gasteiger partial charge on any atom is 0.242 e. The van der Waals surface area contributed by atoms with Crippen LogP contribution in [0, 0.1) is 12.8 Å². The minimum atomic E-state index is -0.0522. The second kappa shape index (κ2) is 13.0. The van der Waals surface area contributed by atoms with E-state index >= 15 is 0 Å². The van der Waals surface area contributed by atoms with Gasteiger partial charge in [0.25, 0.3) is 0 Å². The summed E-state index contributed by atoms with van der Waals surface area (Å²) in [5.41, 5.74) is 1.04. The van der Waals surface area contributed by atoms with Crippen molar-refractivity contribution in [2.24, 2.45) is 5.92 Å². The van der Waals surface area contributed by atoms with E-state index in [9.17, 15) is 9.59 Å². The standard InChI is InChI=1S/C29H41N3O5/c1-22-9-11-25(37-22)20-31(16-13-23-10-12-26(35-2)27(19-23)36-3)28(33)21-32(29(34)24-7-6-8-24)18-17-30-14-4-5-15-30/h9-12,19,24H,4-8,13-18,20-21H2,1-3H3. The lowest BCUT2D eigenvalue weighted by Crippen LogP contribution is -2.48. The predicted octanol–water partition coefficient (Wildman–Crippen LogP) is 3.90. The van der Waals surface area contributed by atoms with Crippen LogP contribution in [0.1, 0.15) is 49.2 Å². The fourth-order valence-electron chi connectivity index (χ4n) is 5.06. The molecule has 0 bridgehead atoms. The minimum absolute atomic E-state index is 0.0522. The molecule has 0 N–H and O–H groups in total. The first kappa shape index (κ1) is 27.0. The van der Waals surface area contributed by atoms with E-state index in [4.69, 9.17) is 13.9 Å². The van der Waals surface area contributed by atoms with Gasteiger partial charge in [0.15, 0.2) is 11.5 Å². The van der Waals surface area contributed by atoms with Crippen LogP contribution in [0.15, 0.2) is 34.7 Å². The highest BCUT2D eigenvalue weighted by Crippen LogP contribution is 2.29. The highest BCUT2D eigenvalue weighted by molar-refractivity contribution is 5.86. The number of furan rings is 1. The molecule has 2 heterocycles. The van der Waals surface area contributed by atoms with Crippen molar-refractivity contribution in [2.45, 2.75) is 52.0 Å². The lowest BCUT2D eigenvalue weighted by Gasteiger charge is -2.33. The zero-order valence-corrected chi connectivity index (χ0v) is 22.5. The third kappa shape index (κ3) is 7.28. The number of aryl methyl sites for hydroxylation is 1. The van der Waals surface area contributed by atoms with Crippen molar-refractivity contribution < 1.29 is 23.5 Å². The largest absolute Gasteiger partial charge is 0.493 e. The van der Waals surface area contributed by atoms with Crippen LogP contribution in [0.3, 0.4) is 0 Å². The minimum Gasteiger partial charge on any atom is -0.493 e. The van der Waals surface area contributed by atoms with E-state index in [-0.39, 0.29) is 24.3 Å². The summed E-state index contributed by atoms with van der Waals surface area (Å²) in [7, 11) is 3.23. The fourth-order valence-corrected chi connectivity index (χ4v) is 5.06. The molecule has 2 aromatic rings. The molecule has 1 saturated carbocycles. The van der Waals surface area contributed by atoms with Crippen molar-refractivity contribution in [3.63, 3.8) is 0 Å². The average molecular weight is 512 g/mol. The quantitative estimate of drug-likeness (QED) is 0.406. The zero-order chi connectivity index (χ0) is 26.2. The second-order valence-corrected chi connectivity index (χ2v) is 10.2. The Hall–Kier alpha value is -3.00. The Bertz CT molecular complexity index is 1040. The molecule has 0 unspecified atom stereocenters. The Morgan fingerprint density at radius 3 is 2.35 bits per heavy atom. The number of likely N-dealkylation sites (tertiary alicyclic amines) is 1. The van der Waals surface area contributed by atoms with Crippen LogP contribution < -0.4 is 9.47 Å². The summed E-state index contributed by atoms with van der Waals surface area (Å²) in [6, 6.07) is 9.64. The number of carbonyl (C=O) groups excluding carboxylic acids is 2. The Kier molecular flexibility index (Phi) is 9.50. The number of rotatable bonds is 13. The van der Waals surface area contributed by atoms with Gasteiger partial charge in [-0.3, -0.25) is 9.59 Å². The molecular weight excluding hydrogens is 470 g/mol. The fraction of sp³-hybridized carbons (Fsp3) is 0.586. The van der Waals surface area contributed by atoms with Crippen molar-refractivity contribution in [1.82, 2.24) is 14.7 Å². The van der Waals surface area contributed by atoms with Crippen LogP contribution in [0.25, 0.3) is 0 Å². The molecule has 37 heavy (non-hydrogen) atoms. The van der Waals surface area contributed by atoms with E-state index in [2.05, 4.69) is 4.90 Å². The number of methoxy groups -OCH3 is 2. The molecule has 4 rings (SSSR count). The average Bonchev–Trinajstić information content (AvgIpc) is 3.54. The first-order valence-electron chi connectivity index (χ1n) is 13.5. The van der Waals surface area contributed by atoms with Crippen LogP contribution >= 0.6 is 0 Å². The molecule has 2 amide bonds. The van der Waals surface area contributed by atoms with E-state index in [0.717, 1.165) is 56.0 Å². The van der Waals surface area contributed by atoms with Gasteiger partial charge in [-0.25, -0.2) is 0 Å². The molecule has 1 aromatic heterocycles. The summed E-state index contributed by atoms with van der Waals surface area (Å²) in [5.74, 6) is 3.05. The van der Waals surface area contributed by atoms with Gasteiger partial charge in [-0.2, -0.15) is 0 Å². The number of hydrogen-bond acceptors (Lipinski definition) is 6. The smallest absolute Gasteiger partial charge is 0.242 e. The molecule has 1 saturated heterocycles. The number of carbonyl (C=O) groups is 2. The lowest BCUT2D eigenvalue weighted by molar-refractivity contribution is -0.145. The van der Waals surface area contributed by atoms with Gasteiger partial charge in [-0.15, -0.1) is 0 Å². The van der Waals surface area contributed by atoms with E-state index in [1.165, 1.54) is 12.8 Å². The number of benzene rings is 1. The number of nitrogens with zero attached hydrogens (tertiary/aromatic N) is 3. The first-order valence-corrected chi connectivity index (χ1v) is 13.5. The summed E-state index contributed by atoms with van der Waals surface area (Å²) in [6.45, 7) is 6.47. The number of hydrogen-bond donors (Lipinski definition) is 0. The molecule has 0 atom stereocenters. The van der Waals surface area contributed by atoms with Gasteiger partial charge in [0.05, 0.1) is 27.3 Å². The van der Waals surface area contributed by atoms with E-state index in [0.29, 0.717) is 37.6 Å².